The molecule has 0 spiro atoms. The highest BCUT2D eigenvalue weighted by Gasteiger charge is 2.24. The summed E-state index contributed by atoms with van der Waals surface area (Å²) in [5, 5.41) is 6.38. The second kappa shape index (κ2) is 6.91. The molecule has 0 saturated carbocycles. The molecule has 6 nitrogen and oxygen atoms in total. The van der Waals surface area contributed by atoms with Crippen molar-refractivity contribution in [2.45, 2.75) is 24.8 Å². The average molecular weight is 342 g/mol. The zero-order valence-corrected chi connectivity index (χ0v) is 14.9. The second-order valence-electron chi connectivity index (χ2n) is 5.59. The molecule has 0 aliphatic carbocycles. The smallest absolute Gasteiger partial charge is 0.244 e. The van der Waals surface area contributed by atoms with E-state index in [9.17, 15) is 8.42 Å². The SMILES string of the molecule is CC(C)n1cc(S(=O)(=O)NCCN(C)C)c(-c2cccs2)n1. The number of nitrogens with one attached hydrogen (secondary N) is 1. The fraction of sp³-hybridized carbons (Fsp3) is 0.500. The van der Waals surface area contributed by atoms with E-state index in [-0.39, 0.29) is 10.9 Å². The molecule has 0 amide bonds. The van der Waals surface area contributed by atoms with Crippen molar-refractivity contribution in [2.75, 3.05) is 27.2 Å². The Labute approximate surface area is 135 Å². The summed E-state index contributed by atoms with van der Waals surface area (Å²) in [6.45, 7) is 4.96. The van der Waals surface area contributed by atoms with Crippen LogP contribution < -0.4 is 4.72 Å². The van der Waals surface area contributed by atoms with E-state index in [1.165, 1.54) is 11.3 Å². The van der Waals surface area contributed by atoms with E-state index in [1.807, 2.05) is 50.4 Å². The Morgan fingerprint density at radius 1 is 1.41 bits per heavy atom. The zero-order valence-electron chi connectivity index (χ0n) is 13.3. The normalized spacial score (nSPS) is 12.5. The number of aromatic nitrogens is 2. The predicted octanol–water partition coefficient (Wildman–Crippen LogP) is 2.03. The molecule has 2 rings (SSSR count). The van der Waals surface area contributed by atoms with Crippen LogP contribution in [0.2, 0.25) is 0 Å². The highest BCUT2D eigenvalue weighted by atomic mass is 32.2. The molecule has 122 valence electrons. The predicted molar refractivity (Wildman–Crippen MR) is 89.7 cm³/mol. The Hall–Kier alpha value is -1.22. The van der Waals surface area contributed by atoms with Gasteiger partial charge >= 0.3 is 0 Å². The van der Waals surface area contributed by atoms with Gasteiger partial charge in [-0.15, -0.1) is 11.3 Å². The van der Waals surface area contributed by atoms with Crippen molar-refractivity contribution < 1.29 is 8.42 Å². The molecule has 1 N–H and O–H groups in total. The van der Waals surface area contributed by atoms with E-state index >= 15 is 0 Å². The van der Waals surface area contributed by atoms with E-state index in [2.05, 4.69) is 9.82 Å². The molecule has 0 unspecified atom stereocenters. The van der Waals surface area contributed by atoms with E-state index in [0.717, 1.165) is 4.88 Å². The molecule has 0 aliphatic heterocycles. The van der Waals surface area contributed by atoms with Gasteiger partial charge in [-0.3, -0.25) is 4.68 Å². The maximum atomic E-state index is 12.6. The summed E-state index contributed by atoms with van der Waals surface area (Å²) in [6, 6.07) is 3.88. The van der Waals surface area contributed by atoms with Gasteiger partial charge in [0.15, 0.2) is 0 Å². The van der Waals surface area contributed by atoms with Crippen LogP contribution in [-0.4, -0.2) is 50.3 Å². The van der Waals surface area contributed by atoms with Crippen LogP contribution in [-0.2, 0) is 10.0 Å². The Bertz CT molecular complexity index is 703. The number of sulfonamides is 1. The van der Waals surface area contributed by atoms with Crippen LogP contribution in [0, 0.1) is 0 Å². The molecule has 0 bridgehead atoms. The number of hydrogen-bond donors (Lipinski definition) is 1. The minimum Gasteiger partial charge on any atom is -0.308 e. The molecule has 22 heavy (non-hydrogen) atoms. The molecule has 8 heteroatoms. The van der Waals surface area contributed by atoms with Gasteiger partial charge < -0.3 is 4.90 Å². The standard InChI is InChI=1S/C14H22N4O2S2/c1-11(2)18-10-13(14(16-18)12-6-5-9-21-12)22(19,20)15-7-8-17(3)4/h5-6,9-11,15H,7-8H2,1-4H3. The molecule has 0 atom stereocenters. The first-order chi connectivity index (χ1) is 10.3. The fourth-order valence-electron chi connectivity index (χ4n) is 1.90. The van der Waals surface area contributed by atoms with Crippen molar-refractivity contribution in [1.82, 2.24) is 19.4 Å². The summed E-state index contributed by atoms with van der Waals surface area (Å²) in [6.07, 6.45) is 1.61. The lowest BCUT2D eigenvalue weighted by Crippen LogP contribution is -2.31. The maximum Gasteiger partial charge on any atom is 0.244 e. The highest BCUT2D eigenvalue weighted by molar-refractivity contribution is 7.89. The first-order valence-electron chi connectivity index (χ1n) is 7.08. The number of rotatable bonds is 7. The third-order valence-corrected chi connectivity index (χ3v) is 5.46. The summed E-state index contributed by atoms with van der Waals surface area (Å²) < 4.78 is 29.5. The van der Waals surface area contributed by atoms with Crippen molar-refractivity contribution in [3.63, 3.8) is 0 Å². The maximum absolute atomic E-state index is 12.6. The number of nitrogens with zero attached hydrogens (tertiary/aromatic N) is 3. The third-order valence-electron chi connectivity index (χ3n) is 3.12. The van der Waals surface area contributed by atoms with E-state index < -0.39 is 10.0 Å². The van der Waals surface area contributed by atoms with Gasteiger partial charge in [-0.05, 0) is 39.4 Å². The Morgan fingerprint density at radius 3 is 2.68 bits per heavy atom. The first-order valence-corrected chi connectivity index (χ1v) is 9.45. The molecule has 0 radical (unpaired) electrons. The summed E-state index contributed by atoms with van der Waals surface area (Å²) in [5.74, 6) is 0. The van der Waals surface area contributed by atoms with E-state index in [4.69, 9.17) is 0 Å². The van der Waals surface area contributed by atoms with Gasteiger partial charge in [0.05, 0.1) is 4.88 Å². The molecule has 0 fully saturated rings. The quantitative estimate of drug-likeness (QED) is 0.836. The molecule has 2 aromatic heterocycles. The lowest BCUT2D eigenvalue weighted by molar-refractivity contribution is 0.412. The van der Waals surface area contributed by atoms with Crippen molar-refractivity contribution in [2.24, 2.45) is 0 Å². The lowest BCUT2D eigenvalue weighted by atomic mass is 10.3. The molecule has 0 aromatic carbocycles. The molecule has 2 aromatic rings. The second-order valence-corrected chi connectivity index (χ2v) is 8.28. The molecule has 2 heterocycles. The Morgan fingerprint density at radius 2 is 2.14 bits per heavy atom. The average Bonchev–Trinajstić information content (AvgIpc) is 3.07. The summed E-state index contributed by atoms with van der Waals surface area (Å²) >= 11 is 1.48. The van der Waals surface area contributed by atoms with Crippen LogP contribution in [0.1, 0.15) is 19.9 Å². The van der Waals surface area contributed by atoms with Gasteiger partial charge in [-0.2, -0.15) is 5.10 Å². The van der Waals surface area contributed by atoms with Crippen LogP contribution in [0.4, 0.5) is 0 Å². The molecular weight excluding hydrogens is 320 g/mol. The van der Waals surface area contributed by atoms with Crippen molar-refractivity contribution in [3.05, 3.63) is 23.7 Å². The minimum atomic E-state index is -3.58. The zero-order chi connectivity index (χ0) is 16.3. The van der Waals surface area contributed by atoms with Crippen LogP contribution >= 0.6 is 11.3 Å². The number of thiophene rings is 1. The highest BCUT2D eigenvalue weighted by Crippen LogP contribution is 2.30. The lowest BCUT2D eigenvalue weighted by Gasteiger charge is -2.10. The fourth-order valence-corrected chi connectivity index (χ4v) is 3.86. The monoisotopic (exact) mass is 342 g/mol. The van der Waals surface area contributed by atoms with Crippen molar-refractivity contribution >= 4 is 21.4 Å². The molecule has 0 aliphatic rings. The van der Waals surface area contributed by atoms with Crippen molar-refractivity contribution in [3.8, 4) is 10.6 Å². The Kier molecular flexibility index (Phi) is 5.38. The van der Waals surface area contributed by atoms with Gasteiger partial charge in [0.2, 0.25) is 10.0 Å². The van der Waals surface area contributed by atoms with Crippen molar-refractivity contribution in [1.29, 1.82) is 0 Å². The number of hydrogen-bond acceptors (Lipinski definition) is 5. The summed E-state index contributed by atoms with van der Waals surface area (Å²) in [4.78, 5) is 3.02. The van der Waals surface area contributed by atoms with E-state index in [0.29, 0.717) is 18.8 Å². The van der Waals surface area contributed by atoms with Gasteiger partial charge in [0, 0.05) is 25.3 Å². The summed E-state index contributed by atoms with van der Waals surface area (Å²) in [7, 11) is 0.231. The van der Waals surface area contributed by atoms with Gasteiger partial charge in [-0.1, -0.05) is 6.07 Å². The number of likely N-dealkylation sites (N-methyl/N-ethyl adjacent to an activating group) is 1. The van der Waals surface area contributed by atoms with Crippen LogP contribution in [0.3, 0.4) is 0 Å². The summed E-state index contributed by atoms with van der Waals surface area (Å²) in [5.41, 5.74) is 0.515. The minimum absolute atomic E-state index is 0.101. The Balaban J connectivity index is 2.36. The largest absolute Gasteiger partial charge is 0.308 e. The third kappa shape index (κ3) is 3.95. The first kappa shape index (κ1) is 17.1. The molecular formula is C14H22N4O2S2. The van der Waals surface area contributed by atoms with E-state index in [1.54, 1.807) is 10.9 Å². The van der Waals surface area contributed by atoms with Gasteiger partial charge in [0.25, 0.3) is 0 Å². The van der Waals surface area contributed by atoms with Crippen LogP contribution in [0.15, 0.2) is 28.6 Å². The topological polar surface area (TPSA) is 67.2 Å². The van der Waals surface area contributed by atoms with Gasteiger partial charge in [-0.25, -0.2) is 13.1 Å². The van der Waals surface area contributed by atoms with Gasteiger partial charge in [0.1, 0.15) is 10.6 Å². The molecule has 0 saturated heterocycles. The van der Waals surface area contributed by atoms with Crippen LogP contribution in [0.5, 0.6) is 0 Å². The van der Waals surface area contributed by atoms with Crippen LogP contribution in [0.25, 0.3) is 10.6 Å².